The average Bonchev–Trinajstić information content (AvgIpc) is 3.09. The first-order valence-corrected chi connectivity index (χ1v) is 8.11. The van der Waals surface area contributed by atoms with Gasteiger partial charge in [-0.2, -0.15) is 5.21 Å². The van der Waals surface area contributed by atoms with Crippen molar-refractivity contribution in [1.82, 2.24) is 25.9 Å². The molecule has 2 aliphatic carbocycles. The molecule has 0 radical (unpaired) electrons. The zero-order valence-electron chi connectivity index (χ0n) is 13.0. The molecule has 21 heavy (non-hydrogen) atoms. The summed E-state index contributed by atoms with van der Waals surface area (Å²) < 4.78 is 0. The Labute approximate surface area is 125 Å². The lowest BCUT2D eigenvalue weighted by molar-refractivity contribution is -0.128. The highest BCUT2D eigenvalue weighted by atomic mass is 16.2. The summed E-state index contributed by atoms with van der Waals surface area (Å²) in [5.74, 6) is 1.27. The fourth-order valence-electron chi connectivity index (χ4n) is 3.62. The zero-order chi connectivity index (χ0) is 14.9. The number of tetrazole rings is 1. The molecule has 0 aliphatic heterocycles. The van der Waals surface area contributed by atoms with Crippen molar-refractivity contribution in [3.8, 4) is 0 Å². The normalized spacial score (nSPS) is 23.0. The molecule has 0 unspecified atom stereocenters. The highest BCUT2D eigenvalue weighted by Crippen LogP contribution is 2.51. The average molecular weight is 291 g/mol. The number of carbonyl (C=O) groups is 1. The summed E-state index contributed by atoms with van der Waals surface area (Å²) >= 11 is 0. The molecule has 2 N–H and O–H groups in total. The van der Waals surface area contributed by atoms with E-state index >= 15 is 0 Å². The minimum Gasteiger partial charge on any atom is -0.355 e. The van der Waals surface area contributed by atoms with Crippen LogP contribution in [0.25, 0.3) is 0 Å². The van der Waals surface area contributed by atoms with Crippen LogP contribution in [-0.2, 0) is 10.2 Å². The lowest BCUT2D eigenvalue weighted by Crippen LogP contribution is -2.48. The number of carbonyl (C=O) groups excluding carboxylic acids is 1. The van der Waals surface area contributed by atoms with E-state index in [-0.39, 0.29) is 5.91 Å². The molecule has 0 atom stereocenters. The number of aromatic amines is 1. The van der Waals surface area contributed by atoms with Crippen LogP contribution in [0.1, 0.15) is 64.6 Å². The molecular weight excluding hydrogens is 266 g/mol. The number of nitrogens with one attached hydrogen (secondary N) is 2. The van der Waals surface area contributed by atoms with E-state index in [4.69, 9.17) is 0 Å². The van der Waals surface area contributed by atoms with E-state index in [2.05, 4.69) is 39.8 Å². The molecule has 1 heterocycles. The van der Waals surface area contributed by atoms with Crippen molar-refractivity contribution in [3.63, 3.8) is 0 Å². The van der Waals surface area contributed by atoms with Gasteiger partial charge in [-0.3, -0.25) is 4.79 Å². The van der Waals surface area contributed by atoms with E-state index in [1.807, 2.05) is 0 Å². The van der Waals surface area contributed by atoms with Crippen molar-refractivity contribution >= 4 is 5.91 Å². The van der Waals surface area contributed by atoms with Gasteiger partial charge in [0.2, 0.25) is 5.91 Å². The number of aromatic nitrogens is 4. The lowest BCUT2D eigenvalue weighted by atomic mass is 9.72. The Morgan fingerprint density at radius 2 is 1.95 bits per heavy atom. The standard InChI is InChI=1S/C15H25N5O/c1-11(2)14(8-9-14)10-16-13(21)15(6-4-3-5-7-15)12-17-19-20-18-12/h11H,3-10H2,1-2H3,(H,16,21)(H,17,18,19,20). The predicted octanol–water partition coefficient (Wildman–Crippen LogP) is 1.95. The van der Waals surface area contributed by atoms with Crippen molar-refractivity contribution < 1.29 is 4.79 Å². The maximum atomic E-state index is 12.9. The summed E-state index contributed by atoms with van der Waals surface area (Å²) in [6.07, 6.45) is 7.39. The van der Waals surface area contributed by atoms with Gasteiger partial charge in [-0.05, 0) is 37.0 Å². The largest absolute Gasteiger partial charge is 0.355 e. The molecule has 2 aliphatic rings. The smallest absolute Gasteiger partial charge is 0.234 e. The van der Waals surface area contributed by atoms with Crippen LogP contribution >= 0.6 is 0 Å². The minimum absolute atomic E-state index is 0.0931. The van der Waals surface area contributed by atoms with E-state index in [9.17, 15) is 4.79 Å². The van der Waals surface area contributed by atoms with Gasteiger partial charge in [0.25, 0.3) is 0 Å². The maximum absolute atomic E-state index is 12.9. The highest BCUT2D eigenvalue weighted by molar-refractivity contribution is 5.87. The van der Waals surface area contributed by atoms with E-state index < -0.39 is 5.41 Å². The second-order valence-corrected chi connectivity index (χ2v) is 7.08. The van der Waals surface area contributed by atoms with Gasteiger partial charge in [-0.15, -0.1) is 10.2 Å². The number of hydrogen-bond donors (Lipinski definition) is 2. The van der Waals surface area contributed by atoms with Crippen molar-refractivity contribution in [2.24, 2.45) is 11.3 Å². The van der Waals surface area contributed by atoms with Crippen molar-refractivity contribution in [3.05, 3.63) is 5.82 Å². The molecule has 0 spiro atoms. The zero-order valence-corrected chi connectivity index (χ0v) is 13.0. The molecule has 6 nitrogen and oxygen atoms in total. The second-order valence-electron chi connectivity index (χ2n) is 7.08. The molecule has 1 aromatic rings. The third-order valence-corrected chi connectivity index (χ3v) is 5.63. The molecule has 2 saturated carbocycles. The summed E-state index contributed by atoms with van der Waals surface area (Å²) in [7, 11) is 0. The van der Waals surface area contributed by atoms with Crippen LogP contribution in [0.15, 0.2) is 0 Å². The minimum atomic E-state index is -0.571. The molecule has 3 rings (SSSR count). The van der Waals surface area contributed by atoms with Crippen LogP contribution in [0.5, 0.6) is 0 Å². The fraction of sp³-hybridized carbons (Fsp3) is 0.867. The summed E-state index contributed by atoms with van der Waals surface area (Å²) in [6.45, 7) is 5.27. The van der Waals surface area contributed by atoms with Gasteiger partial charge in [0.05, 0.1) is 0 Å². The van der Waals surface area contributed by atoms with E-state index in [0.29, 0.717) is 17.2 Å². The molecule has 1 aromatic heterocycles. The number of rotatable bonds is 5. The molecule has 0 bridgehead atoms. The maximum Gasteiger partial charge on any atom is 0.234 e. The first-order chi connectivity index (χ1) is 10.1. The van der Waals surface area contributed by atoms with Crippen LogP contribution in [0.4, 0.5) is 0 Å². The number of nitrogens with zero attached hydrogens (tertiary/aromatic N) is 3. The first-order valence-electron chi connectivity index (χ1n) is 8.11. The van der Waals surface area contributed by atoms with E-state index in [1.54, 1.807) is 0 Å². The monoisotopic (exact) mass is 291 g/mol. The molecule has 116 valence electrons. The van der Waals surface area contributed by atoms with Crippen LogP contribution in [0.3, 0.4) is 0 Å². The summed E-state index contributed by atoms with van der Waals surface area (Å²) in [4.78, 5) is 12.9. The van der Waals surface area contributed by atoms with Crippen molar-refractivity contribution in [2.45, 2.75) is 64.2 Å². The summed E-state index contributed by atoms with van der Waals surface area (Å²) in [5, 5.41) is 17.6. The predicted molar refractivity (Wildman–Crippen MR) is 78.5 cm³/mol. The van der Waals surface area contributed by atoms with Crippen molar-refractivity contribution in [2.75, 3.05) is 6.54 Å². The Kier molecular flexibility index (Phi) is 3.71. The molecular formula is C15H25N5O. The van der Waals surface area contributed by atoms with Crippen LogP contribution in [0, 0.1) is 11.3 Å². The Morgan fingerprint density at radius 1 is 1.24 bits per heavy atom. The molecule has 0 aromatic carbocycles. The summed E-state index contributed by atoms with van der Waals surface area (Å²) in [5.41, 5.74) is -0.249. The van der Waals surface area contributed by atoms with Gasteiger partial charge in [0.15, 0.2) is 5.82 Å². The second kappa shape index (κ2) is 5.39. The Morgan fingerprint density at radius 3 is 2.48 bits per heavy atom. The van der Waals surface area contributed by atoms with Crippen molar-refractivity contribution in [1.29, 1.82) is 0 Å². The molecule has 6 heteroatoms. The molecule has 2 fully saturated rings. The van der Waals surface area contributed by atoms with E-state index in [1.165, 1.54) is 19.3 Å². The third kappa shape index (κ3) is 2.56. The molecule has 0 saturated heterocycles. The van der Waals surface area contributed by atoms with Gasteiger partial charge in [0.1, 0.15) is 5.41 Å². The fourth-order valence-corrected chi connectivity index (χ4v) is 3.62. The number of H-pyrrole nitrogens is 1. The van der Waals surface area contributed by atoms with Gasteiger partial charge >= 0.3 is 0 Å². The van der Waals surface area contributed by atoms with Gasteiger partial charge in [-0.1, -0.05) is 38.3 Å². The topological polar surface area (TPSA) is 83.6 Å². The number of amides is 1. The third-order valence-electron chi connectivity index (χ3n) is 5.63. The van der Waals surface area contributed by atoms with E-state index in [0.717, 1.165) is 32.2 Å². The Hall–Kier alpha value is -1.46. The SMILES string of the molecule is CC(C)C1(CNC(=O)C2(c3nn[nH]n3)CCCCC2)CC1. The van der Waals surface area contributed by atoms with Crippen LogP contribution in [-0.4, -0.2) is 33.1 Å². The van der Waals surface area contributed by atoms with Crippen LogP contribution in [0.2, 0.25) is 0 Å². The quantitative estimate of drug-likeness (QED) is 0.868. The van der Waals surface area contributed by atoms with Gasteiger partial charge < -0.3 is 5.32 Å². The highest BCUT2D eigenvalue weighted by Gasteiger charge is 2.48. The molecule has 1 amide bonds. The Balaban J connectivity index is 1.73. The lowest BCUT2D eigenvalue weighted by Gasteiger charge is -2.33. The van der Waals surface area contributed by atoms with Crippen LogP contribution < -0.4 is 5.32 Å². The summed E-state index contributed by atoms with van der Waals surface area (Å²) in [6, 6.07) is 0. The first kappa shape index (κ1) is 14.5. The van der Waals surface area contributed by atoms with Gasteiger partial charge in [-0.25, -0.2) is 0 Å². The van der Waals surface area contributed by atoms with Gasteiger partial charge in [0, 0.05) is 6.54 Å². The number of hydrogen-bond acceptors (Lipinski definition) is 4. The Bertz CT molecular complexity index is 486.